The van der Waals surface area contributed by atoms with Crippen molar-refractivity contribution in [2.24, 2.45) is 0 Å². The average molecular weight is 563 g/mol. The summed E-state index contributed by atoms with van der Waals surface area (Å²) in [6, 6.07) is 5.10. The summed E-state index contributed by atoms with van der Waals surface area (Å²) in [5, 5.41) is 7.78. The van der Waals surface area contributed by atoms with Crippen LogP contribution < -0.4 is 20.7 Å². The largest absolute Gasteiger partial charge is 0.357 e. The Morgan fingerprint density at radius 2 is 1.79 bits per heavy atom. The lowest BCUT2D eigenvalue weighted by atomic mass is 10.1. The number of rotatable bonds is 7. The summed E-state index contributed by atoms with van der Waals surface area (Å²) in [5.41, 5.74) is 0.536. The molecule has 208 valence electrons. The van der Waals surface area contributed by atoms with Gasteiger partial charge in [0.15, 0.2) is 35.1 Å². The topological polar surface area (TPSA) is 208 Å². The van der Waals surface area contributed by atoms with Gasteiger partial charge in [0.2, 0.25) is 0 Å². The first-order valence-corrected chi connectivity index (χ1v) is 13.3. The number of hydrogen-bond acceptors (Lipinski definition) is 10. The van der Waals surface area contributed by atoms with E-state index in [1.807, 2.05) is 4.72 Å². The van der Waals surface area contributed by atoms with Crippen LogP contribution in [0.3, 0.4) is 0 Å². The summed E-state index contributed by atoms with van der Waals surface area (Å²) >= 11 is 0. The quantitative estimate of drug-likeness (QED) is 0.259. The molecule has 0 bridgehead atoms. The molecule has 2 aliphatic heterocycles. The van der Waals surface area contributed by atoms with Gasteiger partial charge in [0, 0.05) is 6.54 Å². The highest BCUT2D eigenvalue weighted by molar-refractivity contribution is 7.87. The molecule has 0 radical (unpaired) electrons. The number of hydrogen-bond donors (Lipinski definition) is 5. The maximum absolute atomic E-state index is 12.7. The van der Waals surface area contributed by atoms with E-state index < -0.39 is 46.7 Å². The van der Waals surface area contributed by atoms with Crippen LogP contribution in [0, 0.1) is 0 Å². The lowest BCUT2D eigenvalue weighted by Gasteiger charge is -2.24. The van der Waals surface area contributed by atoms with Crippen molar-refractivity contribution < 1.29 is 36.8 Å². The number of nitrogens with one attached hydrogen (secondary N) is 4. The van der Waals surface area contributed by atoms with Crippen LogP contribution in [-0.2, 0) is 29.3 Å². The van der Waals surface area contributed by atoms with E-state index in [4.69, 9.17) is 18.8 Å². The molecular formula is C22H26N8O8S. The molecule has 1 aromatic carbocycles. The zero-order valence-electron chi connectivity index (χ0n) is 21.0. The van der Waals surface area contributed by atoms with Crippen molar-refractivity contribution >= 4 is 50.6 Å². The van der Waals surface area contributed by atoms with Crippen molar-refractivity contribution in [2.75, 3.05) is 21.9 Å². The summed E-state index contributed by atoms with van der Waals surface area (Å²) < 4.78 is 53.1. The monoisotopic (exact) mass is 562 g/mol. The molecule has 0 unspecified atom stereocenters. The molecule has 16 nitrogen and oxygen atoms in total. The number of carbonyl (C=O) groups excluding carboxylic acids is 2. The first-order valence-electron chi connectivity index (χ1n) is 11.8. The Morgan fingerprint density at radius 1 is 1.08 bits per heavy atom. The second-order valence-corrected chi connectivity index (χ2v) is 10.3. The van der Waals surface area contributed by atoms with Crippen LogP contribution in [0.5, 0.6) is 0 Å². The van der Waals surface area contributed by atoms with Crippen LogP contribution in [0.4, 0.5) is 22.0 Å². The van der Waals surface area contributed by atoms with E-state index in [1.165, 1.54) is 30.9 Å². The predicted octanol–water partition coefficient (Wildman–Crippen LogP) is 1.24. The zero-order valence-corrected chi connectivity index (χ0v) is 21.8. The van der Waals surface area contributed by atoms with Crippen LogP contribution in [0.25, 0.3) is 11.2 Å². The van der Waals surface area contributed by atoms with Gasteiger partial charge in [0.05, 0.1) is 17.7 Å². The molecule has 2 aliphatic rings. The number of amides is 3. The van der Waals surface area contributed by atoms with Crippen molar-refractivity contribution in [2.45, 2.75) is 51.1 Å². The minimum Gasteiger partial charge on any atom is -0.354 e. The molecule has 4 atom stereocenters. The maximum Gasteiger partial charge on any atom is 0.357 e. The van der Waals surface area contributed by atoms with Crippen molar-refractivity contribution in [3.63, 3.8) is 0 Å². The number of para-hydroxylation sites is 2. The van der Waals surface area contributed by atoms with Crippen LogP contribution in [0.15, 0.2) is 36.9 Å². The fraction of sp³-hybridized carbons (Fsp3) is 0.409. The number of carbonyl (C=O) groups is 2. The number of imidazole rings is 1. The van der Waals surface area contributed by atoms with Gasteiger partial charge in [-0.2, -0.15) is 8.42 Å². The Morgan fingerprint density at radius 3 is 2.51 bits per heavy atom. The van der Waals surface area contributed by atoms with Gasteiger partial charge < -0.3 is 24.8 Å². The van der Waals surface area contributed by atoms with E-state index in [1.54, 1.807) is 31.4 Å². The van der Waals surface area contributed by atoms with Gasteiger partial charge in [-0.25, -0.2) is 19.7 Å². The summed E-state index contributed by atoms with van der Waals surface area (Å²) in [7, 11) is -4.57. The van der Waals surface area contributed by atoms with E-state index in [0.717, 1.165) is 0 Å². The third-order valence-corrected chi connectivity index (χ3v) is 6.40. The van der Waals surface area contributed by atoms with Gasteiger partial charge >= 0.3 is 16.3 Å². The maximum atomic E-state index is 12.7. The average Bonchev–Trinajstić information content (AvgIpc) is 3.50. The Bertz CT molecular complexity index is 1530. The number of likely N-dealkylation sites (N-methyl/N-ethyl adjacent to an activating group) is 1. The number of nitrogens with zero attached hydrogens (tertiary/aromatic N) is 4. The smallest absolute Gasteiger partial charge is 0.354 e. The van der Waals surface area contributed by atoms with Gasteiger partial charge in [-0.05, 0) is 32.9 Å². The Labute approximate surface area is 222 Å². The summed E-state index contributed by atoms with van der Waals surface area (Å²) in [6.45, 7) is 5.71. The van der Waals surface area contributed by atoms with Gasteiger partial charge in [-0.15, -0.1) is 0 Å². The van der Waals surface area contributed by atoms with Crippen molar-refractivity contribution in [1.82, 2.24) is 24.8 Å². The second-order valence-electron chi connectivity index (χ2n) is 9.15. The first-order chi connectivity index (χ1) is 18.5. The Balaban J connectivity index is 1.39. The van der Waals surface area contributed by atoms with E-state index >= 15 is 0 Å². The molecule has 5 rings (SSSR count). The molecule has 17 heteroatoms. The highest BCUT2D eigenvalue weighted by Gasteiger charge is 2.58. The molecule has 5 N–H and O–H groups in total. The molecule has 39 heavy (non-hydrogen) atoms. The first kappa shape index (κ1) is 26.7. The molecule has 0 spiro atoms. The number of anilines is 3. The van der Waals surface area contributed by atoms with Crippen molar-refractivity contribution in [1.29, 1.82) is 0 Å². The Hall–Kier alpha value is -3.90. The number of ether oxygens (including phenoxy) is 3. The highest BCUT2D eigenvalue weighted by atomic mass is 32.2. The highest BCUT2D eigenvalue weighted by Crippen LogP contribution is 2.44. The van der Waals surface area contributed by atoms with E-state index in [2.05, 4.69) is 30.9 Å². The standard InChI is InChI=1S/C22H26N8O8S/c1-4-23-19(31)15-14-16(38-22(2,3)37-14)20(36-15)30-10-26-13-17(24-9-25-18(13)30)28-21(32)27-11-7-5-6-8-12(11)29-39(33,34)35/h5-10,14-16,20,29H,4H2,1-3H3,(H,23,31)(H,33,34,35)(H2,24,25,27,28,32)/t14-,15+,16-,20-/m1/s1. The van der Waals surface area contributed by atoms with Crippen LogP contribution in [0.2, 0.25) is 0 Å². The fourth-order valence-electron chi connectivity index (χ4n) is 4.50. The third kappa shape index (κ3) is 5.48. The van der Waals surface area contributed by atoms with Gasteiger partial charge in [-0.3, -0.25) is 24.0 Å². The van der Waals surface area contributed by atoms with Crippen molar-refractivity contribution in [3.8, 4) is 0 Å². The lowest BCUT2D eigenvalue weighted by Crippen LogP contribution is -2.42. The van der Waals surface area contributed by atoms with Gasteiger partial charge in [0.1, 0.15) is 18.5 Å². The van der Waals surface area contributed by atoms with E-state index in [9.17, 15) is 18.0 Å². The zero-order chi connectivity index (χ0) is 27.9. The molecule has 4 heterocycles. The second kappa shape index (κ2) is 10.0. The number of benzene rings is 1. The fourth-order valence-corrected chi connectivity index (χ4v) is 4.95. The lowest BCUT2D eigenvalue weighted by molar-refractivity contribution is -0.197. The number of urea groups is 1. The Kier molecular flexibility index (Phi) is 6.85. The van der Waals surface area contributed by atoms with Crippen LogP contribution in [0.1, 0.15) is 27.0 Å². The number of aromatic nitrogens is 4. The van der Waals surface area contributed by atoms with E-state index in [-0.39, 0.29) is 28.6 Å². The minimum absolute atomic E-state index is 0.0511. The van der Waals surface area contributed by atoms with Crippen molar-refractivity contribution in [3.05, 3.63) is 36.9 Å². The number of fused-ring (bicyclic) bond motifs is 2. The molecule has 0 saturated carbocycles. The predicted molar refractivity (Wildman–Crippen MR) is 136 cm³/mol. The van der Waals surface area contributed by atoms with Gasteiger partial charge in [0.25, 0.3) is 5.91 Å². The molecule has 3 aromatic rings. The summed E-state index contributed by atoms with van der Waals surface area (Å²) in [6.07, 6.45) is -0.412. The van der Waals surface area contributed by atoms with Crippen LogP contribution >= 0.6 is 0 Å². The summed E-state index contributed by atoms with van der Waals surface area (Å²) in [5.74, 6) is -1.23. The SMILES string of the molecule is CCNC(=O)[C@H]1O[C@@H](n2cnc3c(NC(=O)Nc4ccccc4NS(=O)(=O)O)ncnc32)[C@@H]2OC(C)(C)O[C@@H]21. The molecule has 3 amide bonds. The van der Waals surface area contributed by atoms with E-state index in [0.29, 0.717) is 12.2 Å². The molecule has 2 aromatic heterocycles. The molecule has 2 saturated heterocycles. The molecular weight excluding hydrogens is 536 g/mol. The normalized spacial score (nSPS) is 23.8. The third-order valence-electron chi connectivity index (χ3n) is 5.92. The summed E-state index contributed by atoms with van der Waals surface area (Å²) in [4.78, 5) is 38.1. The molecule has 0 aliphatic carbocycles. The van der Waals surface area contributed by atoms with Gasteiger partial charge in [-0.1, -0.05) is 12.1 Å². The molecule has 2 fully saturated rings. The minimum atomic E-state index is -4.57. The van der Waals surface area contributed by atoms with Crippen LogP contribution in [-0.4, -0.2) is 75.1 Å².